The van der Waals surface area contributed by atoms with Gasteiger partial charge in [-0.05, 0) is 24.1 Å². The fourth-order valence-corrected chi connectivity index (χ4v) is 4.45. The van der Waals surface area contributed by atoms with Crippen LogP contribution in [0, 0.1) is 0 Å². The van der Waals surface area contributed by atoms with Crippen molar-refractivity contribution in [2.75, 3.05) is 44.3 Å². The van der Waals surface area contributed by atoms with Crippen molar-refractivity contribution < 1.29 is 9.53 Å². The van der Waals surface area contributed by atoms with Gasteiger partial charge in [-0.1, -0.05) is 30.4 Å². The number of benzene rings is 1. The van der Waals surface area contributed by atoms with Gasteiger partial charge < -0.3 is 4.74 Å². The minimum Gasteiger partial charge on any atom is -0.379 e. The van der Waals surface area contributed by atoms with E-state index in [2.05, 4.69) is 35.1 Å². The zero-order valence-electron chi connectivity index (χ0n) is 16.3. The van der Waals surface area contributed by atoms with Crippen molar-refractivity contribution in [1.82, 2.24) is 19.7 Å². The molecular weight excluding hydrogens is 374 g/mol. The van der Waals surface area contributed by atoms with Crippen LogP contribution in [0.2, 0.25) is 0 Å². The Labute approximate surface area is 168 Å². The largest absolute Gasteiger partial charge is 0.379 e. The van der Waals surface area contributed by atoms with Gasteiger partial charge in [0.1, 0.15) is 0 Å². The molecule has 0 spiro atoms. The van der Waals surface area contributed by atoms with Crippen LogP contribution >= 0.6 is 11.3 Å². The highest BCUT2D eigenvalue weighted by Gasteiger charge is 2.24. The third kappa shape index (κ3) is 3.94. The molecule has 1 aliphatic rings. The van der Waals surface area contributed by atoms with Gasteiger partial charge in [-0.2, -0.15) is 5.10 Å². The molecule has 0 aliphatic carbocycles. The molecule has 3 aromatic rings. The first-order valence-electron chi connectivity index (χ1n) is 9.65. The van der Waals surface area contributed by atoms with Gasteiger partial charge in [0.15, 0.2) is 10.8 Å². The molecule has 0 atom stereocenters. The average Bonchev–Trinajstić information content (AvgIpc) is 3.34. The van der Waals surface area contributed by atoms with Gasteiger partial charge in [0, 0.05) is 39.4 Å². The molecule has 0 bridgehead atoms. The molecule has 8 heteroatoms. The average molecular weight is 400 g/mol. The number of morpholine rings is 1. The minimum absolute atomic E-state index is 0.106. The highest BCUT2D eigenvalue weighted by molar-refractivity contribution is 7.22. The summed E-state index contributed by atoms with van der Waals surface area (Å²) in [5.74, 6) is -0.106. The van der Waals surface area contributed by atoms with Crippen LogP contribution in [0.25, 0.3) is 10.2 Å². The first-order chi connectivity index (χ1) is 13.7. The van der Waals surface area contributed by atoms with E-state index >= 15 is 0 Å². The molecule has 7 nitrogen and oxygen atoms in total. The highest BCUT2D eigenvalue weighted by Crippen LogP contribution is 2.31. The number of hydrogen-bond donors (Lipinski definition) is 0. The lowest BCUT2D eigenvalue weighted by Gasteiger charge is -2.29. The highest BCUT2D eigenvalue weighted by atomic mass is 32.1. The maximum atomic E-state index is 13.2. The monoisotopic (exact) mass is 399 g/mol. The summed E-state index contributed by atoms with van der Waals surface area (Å²) in [5.41, 5.74) is 2.65. The number of aryl methyl sites for hydroxylation is 2. The number of rotatable bonds is 6. The van der Waals surface area contributed by atoms with Crippen LogP contribution in [0.3, 0.4) is 0 Å². The molecule has 0 radical (unpaired) electrons. The standard InChI is InChI=1S/C20H25N5O2S/c1-3-15-5-4-6-17-18(15)21-20(28-17)25(10-9-24-11-13-27-14-12-24)19(26)16-7-8-23(2)22-16/h4-8H,3,9-14H2,1-2H3. The minimum atomic E-state index is -0.106. The molecular formula is C20H25N5O2S. The van der Waals surface area contributed by atoms with E-state index in [1.807, 2.05) is 7.05 Å². The maximum absolute atomic E-state index is 13.2. The number of anilines is 1. The Morgan fingerprint density at radius 1 is 1.29 bits per heavy atom. The number of carbonyl (C=O) groups excluding carboxylic acids is 1. The van der Waals surface area contributed by atoms with Crippen molar-refractivity contribution in [1.29, 1.82) is 0 Å². The Kier molecular flexibility index (Phi) is 5.70. The van der Waals surface area contributed by atoms with Gasteiger partial charge in [0.2, 0.25) is 0 Å². The third-order valence-corrected chi connectivity index (χ3v) is 6.07. The van der Waals surface area contributed by atoms with E-state index in [9.17, 15) is 4.79 Å². The van der Waals surface area contributed by atoms with Gasteiger partial charge in [0.05, 0.1) is 23.4 Å². The number of thiazole rings is 1. The van der Waals surface area contributed by atoms with Crippen molar-refractivity contribution in [3.63, 3.8) is 0 Å². The topological polar surface area (TPSA) is 63.5 Å². The Morgan fingerprint density at radius 2 is 2.11 bits per heavy atom. The molecule has 28 heavy (non-hydrogen) atoms. The second-order valence-corrected chi connectivity index (χ2v) is 7.91. The molecule has 1 aliphatic heterocycles. The summed E-state index contributed by atoms with van der Waals surface area (Å²) in [6.45, 7) is 6.78. The molecule has 0 N–H and O–H groups in total. The number of fused-ring (bicyclic) bond motifs is 1. The molecule has 0 unspecified atom stereocenters. The number of amides is 1. The zero-order chi connectivity index (χ0) is 19.5. The second-order valence-electron chi connectivity index (χ2n) is 6.90. The number of aromatic nitrogens is 3. The van der Waals surface area contributed by atoms with Crippen LogP contribution in [-0.2, 0) is 18.2 Å². The van der Waals surface area contributed by atoms with Crippen LogP contribution in [-0.4, -0.2) is 65.0 Å². The summed E-state index contributed by atoms with van der Waals surface area (Å²) >= 11 is 1.57. The molecule has 1 fully saturated rings. The number of hydrogen-bond acceptors (Lipinski definition) is 6. The van der Waals surface area contributed by atoms with E-state index in [1.54, 1.807) is 33.2 Å². The van der Waals surface area contributed by atoms with Crippen molar-refractivity contribution in [3.05, 3.63) is 41.7 Å². The van der Waals surface area contributed by atoms with Crippen molar-refractivity contribution in [3.8, 4) is 0 Å². The smallest absolute Gasteiger partial charge is 0.280 e. The number of nitrogens with zero attached hydrogens (tertiary/aromatic N) is 5. The van der Waals surface area contributed by atoms with Crippen molar-refractivity contribution in [2.24, 2.45) is 7.05 Å². The normalized spacial score (nSPS) is 15.2. The van der Waals surface area contributed by atoms with E-state index in [0.717, 1.165) is 54.6 Å². The van der Waals surface area contributed by atoms with Crippen molar-refractivity contribution >= 4 is 32.6 Å². The summed E-state index contributed by atoms with van der Waals surface area (Å²) in [4.78, 5) is 22.2. The maximum Gasteiger partial charge on any atom is 0.280 e. The summed E-state index contributed by atoms with van der Waals surface area (Å²) in [7, 11) is 1.82. The van der Waals surface area contributed by atoms with Gasteiger partial charge in [-0.25, -0.2) is 4.98 Å². The zero-order valence-corrected chi connectivity index (χ0v) is 17.1. The van der Waals surface area contributed by atoms with Gasteiger partial charge in [-0.3, -0.25) is 19.3 Å². The molecule has 1 aromatic carbocycles. The van der Waals surface area contributed by atoms with Crippen LogP contribution in [0.1, 0.15) is 23.0 Å². The lowest BCUT2D eigenvalue weighted by atomic mass is 10.1. The lowest BCUT2D eigenvalue weighted by Crippen LogP contribution is -2.43. The van der Waals surface area contributed by atoms with E-state index in [-0.39, 0.29) is 5.91 Å². The fraction of sp³-hybridized carbons (Fsp3) is 0.450. The second kappa shape index (κ2) is 8.38. The molecule has 1 amide bonds. The Morgan fingerprint density at radius 3 is 2.82 bits per heavy atom. The SMILES string of the molecule is CCc1cccc2sc(N(CCN3CCOCC3)C(=O)c3ccn(C)n3)nc12. The van der Waals surface area contributed by atoms with Gasteiger partial charge in [-0.15, -0.1) is 0 Å². The number of carbonyl (C=O) groups is 1. The van der Waals surface area contributed by atoms with Crippen LogP contribution in [0.15, 0.2) is 30.5 Å². The molecule has 3 heterocycles. The third-order valence-electron chi connectivity index (χ3n) is 5.02. The molecule has 2 aromatic heterocycles. The van der Waals surface area contributed by atoms with Crippen LogP contribution < -0.4 is 4.90 Å². The summed E-state index contributed by atoms with van der Waals surface area (Å²) in [6, 6.07) is 7.99. The van der Waals surface area contributed by atoms with E-state index in [4.69, 9.17) is 9.72 Å². The summed E-state index contributed by atoms with van der Waals surface area (Å²) in [5, 5.41) is 5.04. The van der Waals surface area contributed by atoms with E-state index < -0.39 is 0 Å². The fourth-order valence-electron chi connectivity index (χ4n) is 3.41. The molecule has 148 valence electrons. The van der Waals surface area contributed by atoms with Gasteiger partial charge in [0.25, 0.3) is 5.91 Å². The molecule has 4 rings (SSSR count). The first kappa shape index (κ1) is 19.0. The Bertz CT molecular complexity index is 961. The predicted octanol–water partition coefficient (Wildman–Crippen LogP) is 2.57. The Balaban J connectivity index is 1.64. The van der Waals surface area contributed by atoms with Gasteiger partial charge >= 0.3 is 0 Å². The van der Waals surface area contributed by atoms with E-state index in [0.29, 0.717) is 12.2 Å². The summed E-state index contributed by atoms with van der Waals surface area (Å²) < 4.78 is 8.20. The summed E-state index contributed by atoms with van der Waals surface area (Å²) in [6.07, 6.45) is 2.71. The quantitative estimate of drug-likeness (QED) is 0.638. The molecule has 0 saturated carbocycles. The predicted molar refractivity (Wildman–Crippen MR) is 111 cm³/mol. The number of para-hydroxylation sites is 1. The molecule has 1 saturated heterocycles. The van der Waals surface area contributed by atoms with E-state index in [1.165, 1.54) is 5.56 Å². The first-order valence-corrected chi connectivity index (χ1v) is 10.5. The van der Waals surface area contributed by atoms with Crippen LogP contribution in [0.5, 0.6) is 0 Å². The van der Waals surface area contributed by atoms with Crippen molar-refractivity contribution in [2.45, 2.75) is 13.3 Å². The Hall–Kier alpha value is -2.29. The number of ether oxygens (including phenoxy) is 1. The van der Waals surface area contributed by atoms with Crippen LogP contribution in [0.4, 0.5) is 5.13 Å². The lowest BCUT2D eigenvalue weighted by molar-refractivity contribution is 0.0391.